The van der Waals surface area contributed by atoms with E-state index in [1.54, 1.807) is 7.11 Å². The lowest BCUT2D eigenvalue weighted by Gasteiger charge is -2.31. The Hall–Kier alpha value is -3.60. The van der Waals surface area contributed by atoms with Gasteiger partial charge in [0, 0.05) is 23.1 Å². The van der Waals surface area contributed by atoms with E-state index in [0.29, 0.717) is 12.2 Å². The van der Waals surface area contributed by atoms with Crippen LogP contribution in [0.2, 0.25) is 0 Å². The maximum atomic E-state index is 12.1. The standard InChI is InChI=1S/C31H33NO4/c1-7-35-29(33)20-13-11-19(12-14-20)21-9-8-10-22(15-21)27-26-23(17-30(2,3)32-27)16-25(34-6)28-24(26)18-31(4,5)36-28/h8-16H,7,17-18H2,1-6H3. The summed E-state index contributed by atoms with van der Waals surface area (Å²) >= 11 is 0. The summed E-state index contributed by atoms with van der Waals surface area (Å²) in [5, 5.41) is 0. The molecule has 0 amide bonds. The number of hydrogen-bond donors (Lipinski definition) is 0. The van der Waals surface area contributed by atoms with Gasteiger partial charge in [0.1, 0.15) is 5.60 Å². The van der Waals surface area contributed by atoms with Crippen LogP contribution in [0.3, 0.4) is 0 Å². The highest BCUT2D eigenvalue weighted by Gasteiger charge is 2.39. The molecule has 2 aliphatic heterocycles. The first-order valence-electron chi connectivity index (χ1n) is 12.5. The third-order valence-electron chi connectivity index (χ3n) is 6.77. The summed E-state index contributed by atoms with van der Waals surface area (Å²) in [5.41, 5.74) is 7.75. The van der Waals surface area contributed by atoms with Crippen molar-refractivity contribution in [1.29, 1.82) is 0 Å². The number of fused-ring (bicyclic) bond motifs is 3. The third kappa shape index (κ3) is 4.39. The molecule has 186 valence electrons. The molecule has 3 aromatic carbocycles. The average Bonchev–Trinajstić information content (AvgIpc) is 3.17. The minimum absolute atomic E-state index is 0.242. The Morgan fingerprint density at radius 1 is 0.972 bits per heavy atom. The maximum Gasteiger partial charge on any atom is 0.338 e. The molecule has 0 saturated carbocycles. The van der Waals surface area contributed by atoms with Gasteiger partial charge in [-0.25, -0.2) is 4.79 Å². The van der Waals surface area contributed by atoms with Gasteiger partial charge >= 0.3 is 5.97 Å². The Morgan fingerprint density at radius 3 is 2.39 bits per heavy atom. The molecule has 2 heterocycles. The van der Waals surface area contributed by atoms with Crippen molar-refractivity contribution in [2.24, 2.45) is 4.99 Å². The van der Waals surface area contributed by atoms with Crippen LogP contribution in [0.25, 0.3) is 11.1 Å². The Kier molecular flexibility index (Phi) is 5.90. The molecule has 0 N–H and O–H groups in total. The van der Waals surface area contributed by atoms with E-state index in [1.165, 1.54) is 16.7 Å². The number of hydrogen-bond acceptors (Lipinski definition) is 5. The van der Waals surface area contributed by atoms with Gasteiger partial charge in [0.15, 0.2) is 11.5 Å². The number of nitrogens with zero attached hydrogens (tertiary/aromatic N) is 1. The van der Waals surface area contributed by atoms with Crippen LogP contribution in [0.5, 0.6) is 11.5 Å². The summed E-state index contributed by atoms with van der Waals surface area (Å²) in [6.07, 6.45) is 1.64. The van der Waals surface area contributed by atoms with Gasteiger partial charge in [-0.15, -0.1) is 0 Å². The zero-order valence-electron chi connectivity index (χ0n) is 21.9. The number of carbonyl (C=O) groups is 1. The fraction of sp³-hybridized carbons (Fsp3) is 0.355. The normalized spacial score (nSPS) is 16.9. The van der Waals surface area contributed by atoms with E-state index in [-0.39, 0.29) is 17.1 Å². The number of rotatable bonds is 5. The third-order valence-corrected chi connectivity index (χ3v) is 6.77. The molecule has 0 fully saturated rings. The van der Waals surface area contributed by atoms with E-state index >= 15 is 0 Å². The van der Waals surface area contributed by atoms with E-state index in [2.05, 4.69) is 58.0 Å². The molecule has 0 bridgehead atoms. The molecule has 36 heavy (non-hydrogen) atoms. The lowest BCUT2D eigenvalue weighted by Crippen LogP contribution is -2.30. The highest BCUT2D eigenvalue weighted by Crippen LogP contribution is 2.48. The maximum absolute atomic E-state index is 12.1. The monoisotopic (exact) mass is 483 g/mol. The van der Waals surface area contributed by atoms with Gasteiger partial charge < -0.3 is 14.2 Å². The van der Waals surface area contributed by atoms with E-state index in [0.717, 1.165) is 46.7 Å². The molecular weight excluding hydrogens is 450 g/mol. The van der Waals surface area contributed by atoms with Gasteiger partial charge in [-0.05, 0) is 82.0 Å². The van der Waals surface area contributed by atoms with Gasteiger partial charge in [0.2, 0.25) is 0 Å². The zero-order chi connectivity index (χ0) is 25.7. The summed E-state index contributed by atoms with van der Waals surface area (Å²) in [4.78, 5) is 17.3. The number of ether oxygens (including phenoxy) is 3. The second kappa shape index (κ2) is 8.81. The summed E-state index contributed by atoms with van der Waals surface area (Å²) in [5.74, 6) is 1.32. The second-order valence-corrected chi connectivity index (χ2v) is 10.8. The van der Waals surface area contributed by atoms with Gasteiger partial charge in [-0.3, -0.25) is 4.99 Å². The fourth-order valence-corrected chi connectivity index (χ4v) is 5.29. The van der Waals surface area contributed by atoms with Crippen LogP contribution in [-0.4, -0.2) is 36.5 Å². The van der Waals surface area contributed by atoms with Crippen molar-refractivity contribution in [2.75, 3.05) is 13.7 Å². The smallest absolute Gasteiger partial charge is 0.338 e. The van der Waals surface area contributed by atoms with E-state index in [1.807, 2.05) is 31.2 Å². The van der Waals surface area contributed by atoms with Gasteiger partial charge in [-0.1, -0.05) is 30.3 Å². The van der Waals surface area contributed by atoms with Crippen LogP contribution >= 0.6 is 0 Å². The van der Waals surface area contributed by atoms with Crippen molar-refractivity contribution in [3.05, 3.63) is 82.4 Å². The molecule has 0 saturated heterocycles. The Bertz CT molecular complexity index is 1370. The molecule has 2 aliphatic rings. The van der Waals surface area contributed by atoms with E-state index in [4.69, 9.17) is 19.2 Å². The molecular formula is C31H33NO4. The average molecular weight is 484 g/mol. The van der Waals surface area contributed by atoms with Crippen molar-refractivity contribution >= 4 is 11.7 Å². The van der Waals surface area contributed by atoms with Gasteiger partial charge in [-0.2, -0.15) is 0 Å². The first-order chi connectivity index (χ1) is 17.1. The van der Waals surface area contributed by atoms with Crippen LogP contribution < -0.4 is 9.47 Å². The highest BCUT2D eigenvalue weighted by atomic mass is 16.5. The second-order valence-electron chi connectivity index (χ2n) is 10.8. The lowest BCUT2D eigenvalue weighted by molar-refractivity contribution is 0.0526. The summed E-state index contributed by atoms with van der Waals surface area (Å²) < 4.78 is 17.2. The predicted octanol–water partition coefficient (Wildman–Crippen LogP) is 6.42. The molecule has 3 aromatic rings. The molecule has 0 spiro atoms. The van der Waals surface area contributed by atoms with Crippen LogP contribution in [0.4, 0.5) is 0 Å². The summed E-state index contributed by atoms with van der Waals surface area (Å²) in [6.45, 7) is 10.7. The van der Waals surface area contributed by atoms with Crippen LogP contribution in [0, 0.1) is 0 Å². The number of carbonyl (C=O) groups excluding carboxylic acids is 1. The van der Waals surface area contributed by atoms with Crippen molar-refractivity contribution in [3.8, 4) is 22.6 Å². The minimum atomic E-state index is -0.303. The van der Waals surface area contributed by atoms with Crippen LogP contribution in [-0.2, 0) is 17.6 Å². The molecule has 0 aliphatic carbocycles. The minimum Gasteiger partial charge on any atom is -0.493 e. The molecule has 0 radical (unpaired) electrons. The highest BCUT2D eigenvalue weighted by molar-refractivity contribution is 6.16. The largest absolute Gasteiger partial charge is 0.493 e. The molecule has 0 aromatic heterocycles. The number of methoxy groups -OCH3 is 1. The molecule has 0 atom stereocenters. The van der Waals surface area contributed by atoms with Crippen LogP contribution in [0.15, 0.2) is 59.6 Å². The summed E-state index contributed by atoms with van der Waals surface area (Å²) in [7, 11) is 1.70. The Balaban J connectivity index is 1.60. The van der Waals surface area contributed by atoms with E-state index in [9.17, 15) is 4.79 Å². The van der Waals surface area contributed by atoms with Crippen molar-refractivity contribution in [2.45, 2.75) is 58.6 Å². The molecule has 5 rings (SSSR count). The van der Waals surface area contributed by atoms with Crippen molar-refractivity contribution < 1.29 is 19.0 Å². The zero-order valence-corrected chi connectivity index (χ0v) is 21.9. The SMILES string of the molecule is CCOC(=O)c1ccc(-c2cccc(C3=NC(C)(C)Cc4cc(OC)c5c(c43)CC(C)(C)O5)c2)cc1. The Morgan fingerprint density at radius 2 is 1.69 bits per heavy atom. The lowest BCUT2D eigenvalue weighted by atomic mass is 9.80. The number of benzene rings is 3. The van der Waals surface area contributed by atoms with Crippen molar-refractivity contribution in [1.82, 2.24) is 0 Å². The molecule has 5 heteroatoms. The Labute approximate surface area is 213 Å². The number of aliphatic imine (C=N–C) groups is 1. The van der Waals surface area contributed by atoms with E-state index < -0.39 is 0 Å². The van der Waals surface area contributed by atoms with Gasteiger partial charge in [0.05, 0.1) is 30.5 Å². The summed E-state index contributed by atoms with van der Waals surface area (Å²) in [6, 6.07) is 18.1. The molecule has 5 nitrogen and oxygen atoms in total. The van der Waals surface area contributed by atoms with Gasteiger partial charge in [0.25, 0.3) is 0 Å². The number of esters is 1. The fourth-order valence-electron chi connectivity index (χ4n) is 5.29. The molecule has 0 unspecified atom stereocenters. The first-order valence-corrected chi connectivity index (χ1v) is 12.5. The van der Waals surface area contributed by atoms with Crippen LogP contribution in [0.1, 0.15) is 67.2 Å². The quantitative estimate of drug-likeness (QED) is 0.393. The topological polar surface area (TPSA) is 57.1 Å². The predicted molar refractivity (Wildman–Crippen MR) is 143 cm³/mol. The van der Waals surface area contributed by atoms with Crippen molar-refractivity contribution in [3.63, 3.8) is 0 Å². The first kappa shape index (κ1) is 24.1.